The highest BCUT2D eigenvalue weighted by atomic mass is 79.9. The average Bonchev–Trinajstić information content (AvgIpc) is 2.38. The van der Waals surface area contributed by atoms with Gasteiger partial charge in [0, 0.05) is 17.1 Å². The molecule has 19 heavy (non-hydrogen) atoms. The first-order valence-corrected chi connectivity index (χ1v) is 7.28. The number of amides is 2. The van der Waals surface area contributed by atoms with Gasteiger partial charge in [-0.1, -0.05) is 34.1 Å². The molecule has 0 spiro atoms. The molecule has 0 aliphatic carbocycles. The fraction of sp³-hybridized carbons (Fsp3) is 0.500. The van der Waals surface area contributed by atoms with E-state index < -0.39 is 0 Å². The van der Waals surface area contributed by atoms with E-state index in [2.05, 4.69) is 21.2 Å². The molecule has 0 bridgehead atoms. The third-order valence-corrected chi connectivity index (χ3v) is 3.74. The quantitative estimate of drug-likeness (QED) is 0.907. The Morgan fingerprint density at radius 2 is 2.21 bits per heavy atom. The van der Waals surface area contributed by atoms with E-state index >= 15 is 0 Å². The smallest absolute Gasteiger partial charge is 0.317 e. The summed E-state index contributed by atoms with van der Waals surface area (Å²) >= 11 is 3.53. The van der Waals surface area contributed by atoms with Crippen LogP contribution < -0.4 is 5.32 Å². The van der Waals surface area contributed by atoms with Gasteiger partial charge in [-0.15, -0.1) is 0 Å². The number of hydrogen-bond donors (Lipinski definition) is 1. The number of ether oxygens (including phenoxy) is 1. The predicted molar refractivity (Wildman–Crippen MR) is 78.1 cm³/mol. The monoisotopic (exact) mass is 326 g/mol. The van der Waals surface area contributed by atoms with Crippen molar-refractivity contribution in [3.05, 3.63) is 34.3 Å². The van der Waals surface area contributed by atoms with Gasteiger partial charge >= 0.3 is 6.03 Å². The van der Waals surface area contributed by atoms with E-state index in [1.54, 1.807) is 0 Å². The largest absolute Gasteiger partial charge is 0.370 e. The average molecular weight is 327 g/mol. The molecule has 0 unspecified atom stereocenters. The van der Waals surface area contributed by atoms with Gasteiger partial charge < -0.3 is 15.0 Å². The molecule has 1 atom stereocenters. The third kappa shape index (κ3) is 3.70. The van der Waals surface area contributed by atoms with Gasteiger partial charge in [-0.3, -0.25) is 0 Å². The minimum Gasteiger partial charge on any atom is -0.370 e. The first-order valence-electron chi connectivity index (χ1n) is 6.49. The summed E-state index contributed by atoms with van der Waals surface area (Å²) in [6.45, 7) is 5.71. The lowest BCUT2D eigenvalue weighted by Crippen LogP contribution is -2.48. The highest BCUT2D eigenvalue weighted by Gasteiger charge is 2.26. The van der Waals surface area contributed by atoms with E-state index in [0.717, 1.165) is 10.0 Å². The Bertz CT molecular complexity index is 451. The summed E-state index contributed by atoms with van der Waals surface area (Å²) in [5.41, 5.74) is 1.09. The molecular formula is C14H19BrN2O2. The molecule has 104 valence electrons. The predicted octanol–water partition coefficient (Wildman–Crippen LogP) is 2.94. The molecule has 1 aliphatic heterocycles. The number of nitrogens with zero attached hydrogens (tertiary/aromatic N) is 1. The zero-order valence-electron chi connectivity index (χ0n) is 11.2. The summed E-state index contributed by atoms with van der Waals surface area (Å²) < 4.78 is 6.80. The lowest BCUT2D eigenvalue weighted by atomic mass is 10.1. The molecule has 4 nitrogen and oxygen atoms in total. The molecule has 5 heteroatoms. The molecule has 2 rings (SSSR count). The fourth-order valence-corrected chi connectivity index (χ4v) is 2.64. The van der Waals surface area contributed by atoms with Crippen molar-refractivity contribution in [1.29, 1.82) is 0 Å². The molecule has 1 aliphatic rings. The maximum atomic E-state index is 12.0. The number of hydrogen-bond acceptors (Lipinski definition) is 2. The molecule has 0 aromatic heterocycles. The van der Waals surface area contributed by atoms with Crippen molar-refractivity contribution >= 4 is 22.0 Å². The van der Waals surface area contributed by atoms with Gasteiger partial charge in [0.2, 0.25) is 0 Å². The number of urea groups is 1. The Kier molecular flexibility index (Phi) is 4.82. The van der Waals surface area contributed by atoms with Crippen LogP contribution in [-0.4, -0.2) is 36.7 Å². The number of rotatable bonds is 2. The van der Waals surface area contributed by atoms with Crippen molar-refractivity contribution in [3.8, 4) is 0 Å². The molecule has 1 saturated heterocycles. The Morgan fingerprint density at radius 3 is 2.89 bits per heavy atom. The van der Waals surface area contributed by atoms with E-state index in [-0.39, 0.29) is 18.2 Å². The Morgan fingerprint density at radius 1 is 1.47 bits per heavy atom. The van der Waals surface area contributed by atoms with E-state index in [4.69, 9.17) is 4.74 Å². The van der Waals surface area contributed by atoms with E-state index in [1.807, 2.05) is 43.0 Å². The van der Waals surface area contributed by atoms with Crippen LogP contribution in [-0.2, 0) is 4.74 Å². The minimum absolute atomic E-state index is 0.0182. The number of halogens is 1. The summed E-state index contributed by atoms with van der Waals surface area (Å²) in [5, 5.41) is 2.92. The number of nitrogens with one attached hydrogen (secondary N) is 1. The maximum absolute atomic E-state index is 12.0. The van der Waals surface area contributed by atoms with Gasteiger partial charge in [-0.25, -0.2) is 4.79 Å². The van der Waals surface area contributed by atoms with Crippen molar-refractivity contribution in [1.82, 2.24) is 10.2 Å². The van der Waals surface area contributed by atoms with Gasteiger partial charge in [0.1, 0.15) is 6.10 Å². The number of morpholine rings is 1. The van der Waals surface area contributed by atoms with Crippen LogP contribution in [0.15, 0.2) is 28.7 Å². The van der Waals surface area contributed by atoms with Crippen molar-refractivity contribution in [2.45, 2.75) is 26.0 Å². The summed E-state index contributed by atoms with van der Waals surface area (Å²) in [6.07, 6.45) is -0.0674. The standard InChI is InChI=1S/C14H19BrN2O2/c1-10(2)16-14(18)17-7-8-19-13(9-17)11-5-3-4-6-12(11)15/h3-6,10,13H,7-9H2,1-2H3,(H,16,18)/t13-/m0/s1. The first-order chi connectivity index (χ1) is 9.08. The summed E-state index contributed by atoms with van der Waals surface area (Å²) in [5.74, 6) is 0. The summed E-state index contributed by atoms with van der Waals surface area (Å²) in [4.78, 5) is 13.8. The van der Waals surface area contributed by atoms with Crippen LogP contribution in [0.4, 0.5) is 4.79 Å². The second-order valence-corrected chi connectivity index (χ2v) is 5.79. The molecule has 1 aromatic carbocycles. The maximum Gasteiger partial charge on any atom is 0.317 e. The molecule has 0 radical (unpaired) electrons. The SMILES string of the molecule is CC(C)NC(=O)N1CCO[C@H](c2ccccc2Br)C1. The molecule has 1 aromatic rings. The van der Waals surface area contributed by atoms with Gasteiger partial charge in [-0.2, -0.15) is 0 Å². The van der Waals surface area contributed by atoms with Crippen molar-refractivity contribution in [2.75, 3.05) is 19.7 Å². The van der Waals surface area contributed by atoms with E-state index in [0.29, 0.717) is 19.7 Å². The fourth-order valence-electron chi connectivity index (χ4n) is 2.10. The second kappa shape index (κ2) is 6.39. The van der Waals surface area contributed by atoms with E-state index in [9.17, 15) is 4.79 Å². The van der Waals surface area contributed by atoms with Crippen molar-refractivity contribution < 1.29 is 9.53 Å². The third-order valence-electron chi connectivity index (χ3n) is 3.02. The Hall–Kier alpha value is -1.07. The zero-order chi connectivity index (χ0) is 13.8. The molecule has 1 N–H and O–H groups in total. The minimum atomic E-state index is -0.0674. The highest BCUT2D eigenvalue weighted by Crippen LogP contribution is 2.28. The highest BCUT2D eigenvalue weighted by molar-refractivity contribution is 9.10. The molecule has 1 fully saturated rings. The van der Waals surface area contributed by atoms with Gasteiger partial charge in [0.15, 0.2) is 0 Å². The van der Waals surface area contributed by atoms with Crippen LogP contribution >= 0.6 is 15.9 Å². The number of carbonyl (C=O) groups excluding carboxylic acids is 1. The van der Waals surface area contributed by atoms with Crippen LogP contribution in [0, 0.1) is 0 Å². The lowest BCUT2D eigenvalue weighted by molar-refractivity contribution is -0.0160. The van der Waals surface area contributed by atoms with Crippen LogP contribution in [0.3, 0.4) is 0 Å². The Labute approximate surface area is 122 Å². The molecule has 0 saturated carbocycles. The second-order valence-electron chi connectivity index (χ2n) is 4.93. The van der Waals surface area contributed by atoms with Crippen LogP contribution in [0.5, 0.6) is 0 Å². The van der Waals surface area contributed by atoms with E-state index in [1.165, 1.54) is 0 Å². The first kappa shape index (κ1) is 14.3. The zero-order valence-corrected chi connectivity index (χ0v) is 12.8. The lowest BCUT2D eigenvalue weighted by Gasteiger charge is -2.34. The summed E-state index contributed by atoms with van der Waals surface area (Å²) in [6, 6.07) is 8.10. The van der Waals surface area contributed by atoms with Crippen LogP contribution in [0.1, 0.15) is 25.5 Å². The number of carbonyl (C=O) groups is 1. The van der Waals surface area contributed by atoms with Crippen molar-refractivity contribution in [2.24, 2.45) is 0 Å². The normalized spacial score (nSPS) is 19.6. The summed E-state index contributed by atoms with van der Waals surface area (Å²) in [7, 11) is 0. The number of benzene rings is 1. The van der Waals surface area contributed by atoms with Gasteiger partial charge in [0.25, 0.3) is 0 Å². The van der Waals surface area contributed by atoms with Crippen LogP contribution in [0.25, 0.3) is 0 Å². The Balaban J connectivity index is 2.05. The topological polar surface area (TPSA) is 41.6 Å². The van der Waals surface area contributed by atoms with Gasteiger partial charge in [-0.05, 0) is 25.5 Å². The molecule has 2 amide bonds. The molecule has 1 heterocycles. The van der Waals surface area contributed by atoms with Crippen molar-refractivity contribution in [3.63, 3.8) is 0 Å². The van der Waals surface area contributed by atoms with Gasteiger partial charge in [0.05, 0.1) is 13.2 Å². The van der Waals surface area contributed by atoms with Crippen LogP contribution in [0.2, 0.25) is 0 Å². The molecular weight excluding hydrogens is 308 g/mol.